The molecule has 4 rings (SSSR count). The lowest BCUT2D eigenvalue weighted by Crippen LogP contribution is -3.14. The fourth-order valence-electron chi connectivity index (χ4n) is 4.17. The first-order chi connectivity index (χ1) is 12.2. The Balaban J connectivity index is 1.38. The van der Waals surface area contributed by atoms with Crippen molar-refractivity contribution in [2.75, 3.05) is 32.7 Å². The number of likely N-dealkylation sites (tertiary alicyclic amines) is 2. The van der Waals surface area contributed by atoms with Crippen molar-refractivity contribution in [3.05, 3.63) is 29.3 Å². The van der Waals surface area contributed by atoms with Crippen LogP contribution >= 0.6 is 11.3 Å². The van der Waals surface area contributed by atoms with Crippen molar-refractivity contribution in [3.63, 3.8) is 0 Å². The molecule has 0 bridgehead atoms. The van der Waals surface area contributed by atoms with Crippen molar-refractivity contribution < 1.29 is 9.69 Å². The molecule has 134 valence electrons. The molecule has 1 amide bonds. The third kappa shape index (κ3) is 3.87. The van der Waals surface area contributed by atoms with Crippen LogP contribution in [0.2, 0.25) is 0 Å². The van der Waals surface area contributed by atoms with Gasteiger partial charge in [0, 0.05) is 13.1 Å². The van der Waals surface area contributed by atoms with Crippen molar-refractivity contribution in [2.24, 2.45) is 5.92 Å². The second-order valence-corrected chi connectivity index (χ2v) is 8.87. The van der Waals surface area contributed by atoms with E-state index in [-0.39, 0.29) is 0 Å². The van der Waals surface area contributed by atoms with E-state index < -0.39 is 0 Å². The van der Waals surface area contributed by atoms with E-state index in [4.69, 9.17) is 4.98 Å². The summed E-state index contributed by atoms with van der Waals surface area (Å²) in [4.78, 5) is 21.0. The second-order valence-electron chi connectivity index (χ2n) is 7.80. The summed E-state index contributed by atoms with van der Waals surface area (Å²) in [6.07, 6.45) is 4.73. The first-order valence-electron chi connectivity index (χ1n) is 9.66. The van der Waals surface area contributed by atoms with Crippen molar-refractivity contribution >= 4 is 27.5 Å². The zero-order valence-corrected chi connectivity index (χ0v) is 15.9. The number of hydrogen-bond acceptors (Lipinski definition) is 3. The molecule has 2 saturated heterocycles. The second kappa shape index (κ2) is 7.42. The summed E-state index contributed by atoms with van der Waals surface area (Å²) in [7, 11) is 0. The molecular weight excluding hydrogens is 330 g/mol. The summed E-state index contributed by atoms with van der Waals surface area (Å²) in [5.74, 6) is 1.64. The maximum atomic E-state index is 12.6. The highest BCUT2D eigenvalue weighted by atomic mass is 32.1. The van der Waals surface area contributed by atoms with Crippen molar-refractivity contribution in [1.82, 2.24) is 9.88 Å². The van der Waals surface area contributed by atoms with Gasteiger partial charge in [-0.1, -0.05) is 19.1 Å². The highest BCUT2D eigenvalue weighted by Gasteiger charge is 2.30. The lowest BCUT2D eigenvalue weighted by atomic mass is 9.98. The molecule has 1 N–H and O–H groups in total. The first kappa shape index (κ1) is 17.0. The highest BCUT2D eigenvalue weighted by Crippen LogP contribution is 2.30. The molecule has 2 aliphatic rings. The van der Waals surface area contributed by atoms with Gasteiger partial charge in [-0.2, -0.15) is 0 Å². The number of nitrogens with one attached hydrogen (secondary N) is 1. The van der Waals surface area contributed by atoms with Crippen LogP contribution < -0.4 is 4.90 Å². The predicted molar refractivity (Wildman–Crippen MR) is 102 cm³/mol. The lowest BCUT2D eigenvalue weighted by molar-refractivity contribution is -0.898. The van der Waals surface area contributed by atoms with Crippen LogP contribution in [0.5, 0.6) is 0 Å². The molecule has 2 atom stereocenters. The van der Waals surface area contributed by atoms with Crippen LogP contribution in [0.15, 0.2) is 24.3 Å². The topological polar surface area (TPSA) is 37.6 Å². The summed E-state index contributed by atoms with van der Waals surface area (Å²) in [6.45, 7) is 7.03. The number of thiazole rings is 1. The van der Waals surface area contributed by atoms with E-state index in [9.17, 15) is 4.79 Å². The van der Waals surface area contributed by atoms with E-state index in [2.05, 4.69) is 36.1 Å². The number of aromatic nitrogens is 1. The van der Waals surface area contributed by atoms with E-state index in [1.54, 1.807) is 0 Å². The van der Waals surface area contributed by atoms with Gasteiger partial charge >= 0.3 is 0 Å². The molecule has 5 heteroatoms. The predicted octanol–water partition coefficient (Wildman–Crippen LogP) is 2.32. The average molecular weight is 359 g/mol. The highest BCUT2D eigenvalue weighted by molar-refractivity contribution is 7.18. The van der Waals surface area contributed by atoms with Crippen LogP contribution in [-0.4, -0.2) is 48.5 Å². The first-order valence-corrected chi connectivity index (χ1v) is 10.5. The van der Waals surface area contributed by atoms with E-state index in [0.717, 1.165) is 50.5 Å². The van der Waals surface area contributed by atoms with Gasteiger partial charge in [0.2, 0.25) is 0 Å². The molecule has 4 nitrogen and oxygen atoms in total. The minimum absolute atomic E-state index is 0.354. The molecule has 1 aromatic carbocycles. The van der Waals surface area contributed by atoms with Gasteiger partial charge < -0.3 is 9.80 Å². The van der Waals surface area contributed by atoms with Crippen LogP contribution in [0.1, 0.15) is 43.5 Å². The maximum absolute atomic E-state index is 12.6. The van der Waals surface area contributed by atoms with Crippen LogP contribution in [0.3, 0.4) is 0 Å². The quantitative estimate of drug-likeness (QED) is 0.914. The van der Waals surface area contributed by atoms with E-state index in [1.807, 2.05) is 11.3 Å². The van der Waals surface area contributed by atoms with Gasteiger partial charge in [0.05, 0.1) is 29.2 Å². The summed E-state index contributed by atoms with van der Waals surface area (Å²) >= 11 is 1.83. The Bertz CT molecular complexity index is 702. The minimum atomic E-state index is 0.354. The average Bonchev–Trinajstić information content (AvgIpc) is 3.07. The van der Waals surface area contributed by atoms with Gasteiger partial charge in [0.1, 0.15) is 5.01 Å². The normalized spacial score (nSPS) is 25.4. The number of nitrogens with zero attached hydrogens (tertiary/aromatic N) is 2. The Morgan fingerprint density at radius 3 is 2.88 bits per heavy atom. The summed E-state index contributed by atoms with van der Waals surface area (Å²) in [6, 6.07) is 8.40. The van der Waals surface area contributed by atoms with Crippen LogP contribution in [0.25, 0.3) is 10.2 Å². The number of quaternary nitrogens is 1. The summed E-state index contributed by atoms with van der Waals surface area (Å²) < 4.78 is 1.28. The SMILES string of the molecule is CC1CCN(C(=O)C[NH+]2CCC[C@@H](c3nc4ccccc4s3)C2)CC1. The van der Waals surface area contributed by atoms with Crippen LogP contribution in [-0.2, 0) is 4.79 Å². The van der Waals surface area contributed by atoms with Gasteiger partial charge in [0.25, 0.3) is 5.91 Å². The number of carbonyl (C=O) groups is 1. The van der Waals surface area contributed by atoms with Crippen LogP contribution in [0, 0.1) is 5.92 Å². The number of hydrogen-bond donors (Lipinski definition) is 1. The number of rotatable bonds is 3. The number of carbonyl (C=O) groups excluding carboxylic acids is 1. The van der Waals surface area contributed by atoms with Gasteiger partial charge in [-0.3, -0.25) is 4.79 Å². The van der Waals surface area contributed by atoms with Crippen molar-refractivity contribution in [3.8, 4) is 0 Å². The Hall–Kier alpha value is -1.46. The van der Waals surface area contributed by atoms with Crippen molar-refractivity contribution in [1.29, 1.82) is 0 Å². The fourth-order valence-corrected chi connectivity index (χ4v) is 5.27. The lowest BCUT2D eigenvalue weighted by Gasteiger charge is -2.33. The van der Waals surface area contributed by atoms with Crippen LogP contribution in [0.4, 0.5) is 0 Å². The molecule has 0 aliphatic carbocycles. The Kier molecular flexibility index (Phi) is 5.04. The number of fused-ring (bicyclic) bond motifs is 1. The molecule has 1 unspecified atom stereocenters. The largest absolute Gasteiger partial charge is 0.338 e. The molecule has 2 aromatic rings. The fraction of sp³-hybridized carbons (Fsp3) is 0.600. The summed E-state index contributed by atoms with van der Waals surface area (Å²) in [5.41, 5.74) is 1.12. The standard InChI is InChI=1S/C20H27N3OS/c1-15-8-11-23(12-9-15)19(24)14-22-10-4-5-16(13-22)20-21-17-6-2-3-7-18(17)25-20/h2-3,6-7,15-16H,4-5,8-14H2,1H3/p+1/t16-/m1/s1. The molecule has 2 aliphatic heterocycles. The van der Waals surface area contributed by atoms with E-state index in [0.29, 0.717) is 18.4 Å². The van der Waals surface area contributed by atoms with E-state index in [1.165, 1.54) is 27.4 Å². The Morgan fingerprint density at radius 1 is 1.28 bits per heavy atom. The number of piperidine rings is 2. The van der Waals surface area contributed by atoms with Gasteiger partial charge in [-0.05, 0) is 43.7 Å². The molecular formula is C20H28N3OS+. The summed E-state index contributed by atoms with van der Waals surface area (Å²) in [5, 5.41) is 1.26. The maximum Gasteiger partial charge on any atom is 0.277 e. The third-order valence-electron chi connectivity index (χ3n) is 5.82. The number of benzene rings is 1. The zero-order valence-electron chi connectivity index (χ0n) is 15.0. The molecule has 2 fully saturated rings. The molecule has 0 radical (unpaired) electrons. The smallest absolute Gasteiger partial charge is 0.277 e. The molecule has 25 heavy (non-hydrogen) atoms. The minimum Gasteiger partial charge on any atom is -0.338 e. The third-order valence-corrected chi connectivity index (χ3v) is 7.01. The molecule has 0 spiro atoms. The molecule has 1 aromatic heterocycles. The van der Waals surface area contributed by atoms with Gasteiger partial charge in [0.15, 0.2) is 6.54 Å². The Morgan fingerprint density at radius 2 is 2.08 bits per heavy atom. The van der Waals surface area contributed by atoms with Crippen molar-refractivity contribution in [2.45, 2.75) is 38.5 Å². The van der Waals surface area contributed by atoms with E-state index >= 15 is 0 Å². The number of amides is 1. The molecule has 3 heterocycles. The number of para-hydroxylation sites is 1. The monoisotopic (exact) mass is 358 g/mol. The zero-order chi connectivity index (χ0) is 17.2. The van der Waals surface area contributed by atoms with Gasteiger partial charge in [-0.15, -0.1) is 11.3 Å². The van der Waals surface area contributed by atoms with Gasteiger partial charge in [-0.25, -0.2) is 4.98 Å². The molecule has 0 saturated carbocycles. The Labute approximate surface area is 153 Å².